The number of rotatable bonds is 6. The van der Waals surface area contributed by atoms with Crippen molar-refractivity contribution in [3.8, 4) is 0 Å². The quantitative estimate of drug-likeness (QED) is 0.143. The molecule has 2 aromatic carbocycles. The van der Waals surface area contributed by atoms with Crippen LogP contribution < -0.4 is 10.9 Å². The molecule has 0 aliphatic carbocycles. The van der Waals surface area contributed by atoms with Crippen LogP contribution in [0.15, 0.2) is 23.0 Å². The molecule has 0 spiro atoms. The van der Waals surface area contributed by atoms with Gasteiger partial charge in [-0.1, -0.05) is 0 Å². The Labute approximate surface area is 185 Å². The number of hydrogen-bond donors (Lipinski definition) is 0. The zero-order valence-electron chi connectivity index (χ0n) is 16.5. The maximum absolute atomic E-state index is 14.6. The molecule has 0 fully saturated rings. The normalized spacial score (nSPS) is 14.1. The first-order valence-corrected chi connectivity index (χ1v) is 8.78. The summed E-state index contributed by atoms with van der Waals surface area (Å²) >= 11 is 0. The summed E-state index contributed by atoms with van der Waals surface area (Å²) in [6, 6.07) is 0. The predicted octanol–water partition coefficient (Wildman–Crippen LogP) is 5.93. The summed E-state index contributed by atoms with van der Waals surface area (Å²) in [5, 5.41) is 0. The summed E-state index contributed by atoms with van der Waals surface area (Å²) < 4.78 is 209. The minimum atomic E-state index is -3.96. The van der Waals surface area contributed by atoms with Crippen LogP contribution in [0.4, 0.5) is 65.9 Å². The topological polar surface area (TPSA) is 0 Å². The minimum Gasteiger partial charge on any atom is -0.243 e. The molecule has 1 atom stereocenters. The van der Waals surface area contributed by atoms with E-state index in [1.807, 2.05) is 0 Å². The average molecular weight is 530 g/mol. The summed E-state index contributed by atoms with van der Waals surface area (Å²) in [5.74, 6) is -38.7. The molecule has 0 nitrogen and oxygen atoms in total. The second kappa shape index (κ2) is 10.3. The highest BCUT2D eigenvalue weighted by atomic mass is 19.2. The van der Waals surface area contributed by atoms with Gasteiger partial charge in [-0.05, 0) is 6.92 Å². The van der Waals surface area contributed by atoms with Crippen molar-refractivity contribution in [3.05, 3.63) is 81.1 Å². The largest absolute Gasteiger partial charge is 0.264 e. The van der Waals surface area contributed by atoms with Crippen LogP contribution in [-0.4, -0.2) is 19.6 Å². The Morgan fingerprint density at radius 3 is 1.14 bits per heavy atom. The summed E-state index contributed by atoms with van der Waals surface area (Å²) in [7, 11) is 0. The summed E-state index contributed by atoms with van der Waals surface area (Å²) in [5.41, 5.74) is -7.99. The number of benzene rings is 2. The number of allylic oxidation sites excluding steroid dienone is 4. The summed E-state index contributed by atoms with van der Waals surface area (Å²) in [6.45, 7) is -6.35. The van der Waals surface area contributed by atoms with Crippen molar-refractivity contribution in [2.24, 2.45) is 0 Å². The highest BCUT2D eigenvalue weighted by Crippen LogP contribution is 2.31. The van der Waals surface area contributed by atoms with E-state index in [0.717, 1.165) is 0 Å². The molecule has 0 saturated heterocycles. The lowest BCUT2D eigenvalue weighted by Gasteiger charge is -2.22. The molecule has 0 N–H and O–H groups in total. The van der Waals surface area contributed by atoms with E-state index in [4.69, 9.17) is 0 Å². The highest BCUT2D eigenvalue weighted by Gasteiger charge is 2.45. The third-order valence-corrected chi connectivity index (χ3v) is 4.55. The van der Waals surface area contributed by atoms with Crippen molar-refractivity contribution in [3.63, 3.8) is 0 Å². The van der Waals surface area contributed by atoms with E-state index < -0.39 is 112 Å². The first-order chi connectivity index (χ1) is 16.1. The van der Waals surface area contributed by atoms with Gasteiger partial charge in [0.25, 0.3) is 6.71 Å². The fourth-order valence-corrected chi connectivity index (χ4v) is 2.97. The maximum atomic E-state index is 14.6. The van der Waals surface area contributed by atoms with Gasteiger partial charge in [0.1, 0.15) is 18.7 Å². The zero-order valence-corrected chi connectivity index (χ0v) is 16.5. The van der Waals surface area contributed by atoms with E-state index in [0.29, 0.717) is 0 Å². The lowest BCUT2D eigenvalue weighted by atomic mass is 9.35. The molecule has 0 aliphatic heterocycles. The third-order valence-electron chi connectivity index (χ3n) is 4.55. The molecule has 2 aromatic rings. The lowest BCUT2D eigenvalue weighted by Crippen LogP contribution is -2.53. The first-order valence-electron chi connectivity index (χ1n) is 8.78. The van der Waals surface area contributed by atoms with Crippen molar-refractivity contribution in [2.45, 2.75) is 13.1 Å². The Morgan fingerprint density at radius 1 is 0.600 bits per heavy atom. The SMILES string of the molecule is CC(F)C(F)=C(B(c1c(F)c(F)c(F)c(F)c1F)c1c(F)c(F)c(F)c(F)c1F)C(F)=C(F)CF. The van der Waals surface area contributed by atoms with Crippen molar-refractivity contribution in [2.75, 3.05) is 6.67 Å². The highest BCUT2D eigenvalue weighted by molar-refractivity contribution is 6.91. The Morgan fingerprint density at radius 2 is 0.886 bits per heavy atom. The number of alkyl halides is 2. The molecular weight excluding hydrogens is 524 g/mol. The summed E-state index contributed by atoms with van der Waals surface area (Å²) in [6.07, 6.45) is -3.21. The third kappa shape index (κ3) is 4.61. The standard InChI is InChI=1S/C19H6BF15/c1-3(22)8(24)5(9(25)4(23)2-21)20(6-10(26)14(30)18(34)15(31)11(6)27)7-12(28)16(32)19(35)17(33)13(7)29/h3H,2H2,1H3. The second-order valence-corrected chi connectivity index (χ2v) is 6.63. The van der Waals surface area contributed by atoms with E-state index in [-0.39, 0.29) is 6.92 Å². The van der Waals surface area contributed by atoms with Gasteiger partial charge in [0, 0.05) is 16.4 Å². The van der Waals surface area contributed by atoms with Gasteiger partial charge in [0.2, 0.25) is 0 Å². The maximum Gasteiger partial charge on any atom is 0.264 e. The van der Waals surface area contributed by atoms with Crippen LogP contribution in [0.3, 0.4) is 0 Å². The molecule has 1 unspecified atom stereocenters. The van der Waals surface area contributed by atoms with E-state index in [9.17, 15) is 65.9 Å². The van der Waals surface area contributed by atoms with Crippen molar-refractivity contribution in [1.82, 2.24) is 0 Å². The van der Waals surface area contributed by atoms with Crippen LogP contribution in [0.2, 0.25) is 0 Å². The van der Waals surface area contributed by atoms with Crippen molar-refractivity contribution >= 4 is 17.6 Å². The fourth-order valence-electron chi connectivity index (χ4n) is 2.97. The van der Waals surface area contributed by atoms with Gasteiger partial charge in [-0.3, -0.25) is 0 Å². The first kappa shape index (κ1) is 28.2. The molecule has 0 bridgehead atoms. The van der Waals surface area contributed by atoms with Crippen molar-refractivity contribution < 1.29 is 65.9 Å². The molecule has 0 amide bonds. The molecule has 35 heavy (non-hydrogen) atoms. The van der Waals surface area contributed by atoms with Gasteiger partial charge >= 0.3 is 0 Å². The fraction of sp³-hybridized carbons (Fsp3) is 0.158. The van der Waals surface area contributed by atoms with Gasteiger partial charge in [0.05, 0.1) is 0 Å². The molecular formula is C19H6BF15. The molecule has 190 valence electrons. The molecule has 0 saturated carbocycles. The zero-order chi connectivity index (χ0) is 27.1. The van der Waals surface area contributed by atoms with E-state index in [1.54, 1.807) is 0 Å². The van der Waals surface area contributed by atoms with E-state index in [2.05, 4.69) is 0 Å². The van der Waals surface area contributed by atoms with Crippen LogP contribution in [0.1, 0.15) is 6.92 Å². The Bertz CT molecular complexity index is 1120. The minimum absolute atomic E-state index is 0.143. The van der Waals surface area contributed by atoms with Crippen LogP contribution in [0.5, 0.6) is 0 Å². The smallest absolute Gasteiger partial charge is 0.243 e. The van der Waals surface area contributed by atoms with E-state index in [1.165, 1.54) is 0 Å². The molecule has 2 rings (SSSR count). The van der Waals surface area contributed by atoms with Crippen molar-refractivity contribution in [1.29, 1.82) is 0 Å². The molecule has 0 heterocycles. The van der Waals surface area contributed by atoms with Gasteiger partial charge in [0.15, 0.2) is 69.8 Å². The molecule has 16 heteroatoms. The Balaban J connectivity index is 3.33. The van der Waals surface area contributed by atoms with Gasteiger partial charge < -0.3 is 0 Å². The molecule has 0 radical (unpaired) electrons. The number of halogens is 15. The lowest BCUT2D eigenvalue weighted by molar-refractivity contribution is 0.345. The number of hydrogen-bond acceptors (Lipinski definition) is 0. The van der Waals surface area contributed by atoms with E-state index >= 15 is 0 Å². The van der Waals surface area contributed by atoms with Gasteiger partial charge in [-0.25, -0.2) is 65.9 Å². The Kier molecular flexibility index (Phi) is 8.27. The van der Waals surface area contributed by atoms with Gasteiger partial charge in [-0.2, -0.15) is 0 Å². The van der Waals surface area contributed by atoms with Crippen LogP contribution in [0.25, 0.3) is 0 Å². The van der Waals surface area contributed by atoms with Crippen LogP contribution in [0, 0.1) is 58.2 Å². The summed E-state index contributed by atoms with van der Waals surface area (Å²) in [4.78, 5) is 0. The monoisotopic (exact) mass is 530 g/mol. The molecule has 0 aliphatic rings. The average Bonchev–Trinajstić information content (AvgIpc) is 2.82. The van der Waals surface area contributed by atoms with Crippen LogP contribution in [-0.2, 0) is 0 Å². The van der Waals surface area contributed by atoms with Crippen LogP contribution >= 0.6 is 0 Å². The second-order valence-electron chi connectivity index (χ2n) is 6.63. The Hall–Kier alpha value is -3.07. The van der Waals surface area contributed by atoms with Gasteiger partial charge in [-0.15, -0.1) is 0 Å². The molecule has 0 aromatic heterocycles. The predicted molar refractivity (Wildman–Crippen MR) is 91.4 cm³/mol.